The van der Waals surface area contributed by atoms with E-state index in [2.05, 4.69) is 29.0 Å². The van der Waals surface area contributed by atoms with Crippen LogP contribution in [0.4, 0.5) is 0 Å². The number of benzene rings is 1. The lowest BCUT2D eigenvalue weighted by atomic mass is 9.95. The minimum atomic E-state index is -1.12. The Morgan fingerprint density at radius 3 is 2.21 bits per heavy atom. The smallest absolute Gasteiger partial charge is 0.267 e. The van der Waals surface area contributed by atoms with E-state index in [4.69, 9.17) is 21.2 Å². The molecule has 8 heteroatoms. The van der Waals surface area contributed by atoms with Gasteiger partial charge >= 0.3 is 0 Å². The molecule has 154 valence electrons. The van der Waals surface area contributed by atoms with Gasteiger partial charge in [-0.15, -0.1) is 0 Å². The number of hydrogen-bond acceptors (Lipinski definition) is 6. The van der Waals surface area contributed by atoms with Gasteiger partial charge in [-0.1, -0.05) is 11.8 Å². The standard InChI is InChI=1S/C21H25N3O5/c1-21(2,22)18(20(28)24-29)23-19(27)14-9-7-13(8-10-14)5-3-4-6-15-16(11-25)17(15)12-26/h7-10,15-18,25-26,29H,11-12,22H2,1-2H3,(H,23,27)(H,24,28)/t15?,16-,17+,18?. The monoisotopic (exact) mass is 399 g/mol. The second-order valence-electron chi connectivity index (χ2n) is 7.52. The van der Waals surface area contributed by atoms with E-state index in [0.717, 1.165) is 0 Å². The number of rotatable bonds is 6. The molecule has 0 spiro atoms. The van der Waals surface area contributed by atoms with E-state index in [1.165, 1.54) is 5.48 Å². The van der Waals surface area contributed by atoms with Gasteiger partial charge in [0.15, 0.2) is 0 Å². The Kier molecular flexibility index (Phi) is 7.38. The Bertz CT molecular complexity index is 858. The van der Waals surface area contributed by atoms with Gasteiger partial charge in [0, 0.05) is 47.6 Å². The van der Waals surface area contributed by atoms with Gasteiger partial charge in [-0.25, -0.2) is 5.48 Å². The van der Waals surface area contributed by atoms with Crippen molar-refractivity contribution in [3.63, 3.8) is 0 Å². The Hall–Kier alpha value is -2.88. The fourth-order valence-corrected chi connectivity index (χ4v) is 2.95. The zero-order valence-electron chi connectivity index (χ0n) is 16.3. The molecule has 2 amide bonds. The van der Waals surface area contributed by atoms with Crippen LogP contribution in [0.2, 0.25) is 0 Å². The molecule has 8 nitrogen and oxygen atoms in total. The summed E-state index contributed by atoms with van der Waals surface area (Å²) >= 11 is 0. The first-order chi connectivity index (χ1) is 13.7. The van der Waals surface area contributed by atoms with Crippen molar-refractivity contribution < 1.29 is 25.0 Å². The number of nitrogens with two attached hydrogens (primary N) is 1. The first-order valence-corrected chi connectivity index (χ1v) is 9.10. The van der Waals surface area contributed by atoms with Gasteiger partial charge in [-0.05, 0) is 50.0 Å². The molecule has 0 radical (unpaired) electrons. The van der Waals surface area contributed by atoms with Crippen molar-refractivity contribution in [1.82, 2.24) is 10.8 Å². The maximum atomic E-state index is 12.4. The predicted molar refractivity (Wildman–Crippen MR) is 105 cm³/mol. The van der Waals surface area contributed by atoms with Crippen LogP contribution in [-0.4, -0.2) is 52.0 Å². The largest absolute Gasteiger partial charge is 0.396 e. The van der Waals surface area contributed by atoms with Crippen LogP contribution in [-0.2, 0) is 4.79 Å². The molecule has 1 aliphatic rings. The summed E-state index contributed by atoms with van der Waals surface area (Å²) in [5.41, 5.74) is 7.25. The summed E-state index contributed by atoms with van der Waals surface area (Å²) in [7, 11) is 0. The highest BCUT2D eigenvalue weighted by Gasteiger charge is 2.48. The molecule has 0 aliphatic heterocycles. The minimum absolute atomic E-state index is 0.00366. The lowest BCUT2D eigenvalue weighted by Gasteiger charge is -2.29. The highest BCUT2D eigenvalue weighted by Crippen LogP contribution is 2.44. The number of hydroxylamine groups is 1. The summed E-state index contributed by atoms with van der Waals surface area (Å²) in [5, 5.41) is 29.6. The van der Waals surface area contributed by atoms with Gasteiger partial charge in [-0.3, -0.25) is 14.8 Å². The van der Waals surface area contributed by atoms with Gasteiger partial charge in [0.2, 0.25) is 0 Å². The average Bonchev–Trinajstić information content (AvgIpc) is 3.40. The zero-order valence-corrected chi connectivity index (χ0v) is 16.3. The van der Waals surface area contributed by atoms with Gasteiger partial charge in [0.1, 0.15) is 6.04 Å². The van der Waals surface area contributed by atoms with Gasteiger partial charge in [0.25, 0.3) is 11.8 Å². The Morgan fingerprint density at radius 2 is 1.72 bits per heavy atom. The highest BCUT2D eigenvalue weighted by atomic mass is 16.5. The van der Waals surface area contributed by atoms with Crippen LogP contribution in [0.15, 0.2) is 24.3 Å². The first-order valence-electron chi connectivity index (χ1n) is 9.10. The van der Waals surface area contributed by atoms with E-state index >= 15 is 0 Å². The topological polar surface area (TPSA) is 145 Å². The maximum Gasteiger partial charge on any atom is 0.267 e. The molecular weight excluding hydrogens is 374 g/mol. The Labute approximate surface area is 169 Å². The predicted octanol–water partition coefficient (Wildman–Crippen LogP) is -0.771. The Morgan fingerprint density at radius 1 is 1.14 bits per heavy atom. The van der Waals surface area contributed by atoms with Crippen LogP contribution in [0.3, 0.4) is 0 Å². The number of aliphatic hydroxyl groups is 2. The third-order valence-electron chi connectivity index (χ3n) is 4.80. The minimum Gasteiger partial charge on any atom is -0.396 e. The molecule has 29 heavy (non-hydrogen) atoms. The lowest BCUT2D eigenvalue weighted by molar-refractivity contribution is -0.132. The average molecular weight is 399 g/mol. The molecule has 7 N–H and O–H groups in total. The number of nitrogens with one attached hydrogen (secondary N) is 2. The Balaban J connectivity index is 2.00. The molecule has 0 aromatic heterocycles. The summed E-state index contributed by atoms with van der Waals surface area (Å²) in [5.74, 6) is 9.91. The third-order valence-corrected chi connectivity index (χ3v) is 4.80. The normalized spacial score (nSPS) is 21.0. The highest BCUT2D eigenvalue weighted by molar-refractivity contribution is 5.97. The molecule has 1 aromatic rings. The van der Waals surface area contributed by atoms with Crippen LogP contribution in [0.25, 0.3) is 0 Å². The summed E-state index contributed by atoms with van der Waals surface area (Å²) in [6.45, 7) is 3.12. The second kappa shape index (κ2) is 9.55. The molecule has 2 unspecified atom stereocenters. The third kappa shape index (κ3) is 5.80. The molecule has 1 fully saturated rings. The first kappa shape index (κ1) is 22.4. The van der Waals surface area contributed by atoms with Crippen molar-refractivity contribution in [2.45, 2.75) is 25.4 Å². The van der Waals surface area contributed by atoms with E-state index in [1.807, 2.05) is 0 Å². The van der Waals surface area contributed by atoms with Crippen LogP contribution < -0.4 is 16.5 Å². The van der Waals surface area contributed by atoms with E-state index in [1.54, 1.807) is 38.1 Å². The van der Waals surface area contributed by atoms with Gasteiger partial charge in [0.05, 0.1) is 0 Å². The maximum absolute atomic E-state index is 12.4. The molecule has 0 saturated heterocycles. The van der Waals surface area contributed by atoms with Crippen molar-refractivity contribution in [3.05, 3.63) is 35.4 Å². The van der Waals surface area contributed by atoms with Gasteiger partial charge in [-0.2, -0.15) is 0 Å². The molecule has 0 bridgehead atoms. The van der Waals surface area contributed by atoms with Crippen LogP contribution in [0, 0.1) is 41.4 Å². The molecule has 0 heterocycles. The van der Waals surface area contributed by atoms with Crippen molar-refractivity contribution in [2.75, 3.05) is 13.2 Å². The SMILES string of the molecule is CC(C)(N)C(NC(=O)c1ccc(C#CC#CC2[C@@H](CO)[C@H]2CO)cc1)C(=O)NO. The van der Waals surface area contributed by atoms with Crippen LogP contribution >= 0.6 is 0 Å². The van der Waals surface area contributed by atoms with E-state index < -0.39 is 23.4 Å². The fourth-order valence-electron chi connectivity index (χ4n) is 2.95. The second-order valence-corrected chi connectivity index (χ2v) is 7.52. The molecule has 1 aromatic carbocycles. The lowest BCUT2D eigenvalue weighted by Crippen LogP contribution is -2.61. The van der Waals surface area contributed by atoms with E-state index in [9.17, 15) is 9.59 Å². The summed E-state index contributed by atoms with van der Waals surface area (Å²) < 4.78 is 0. The number of carbonyl (C=O) groups excluding carboxylic acids is 2. The number of aliphatic hydroxyl groups excluding tert-OH is 2. The van der Waals surface area contributed by atoms with Crippen molar-refractivity contribution in [2.24, 2.45) is 23.5 Å². The van der Waals surface area contributed by atoms with Crippen molar-refractivity contribution in [3.8, 4) is 23.7 Å². The van der Waals surface area contributed by atoms with Crippen LogP contribution in [0.1, 0.15) is 29.8 Å². The number of hydrogen-bond donors (Lipinski definition) is 6. The van der Waals surface area contributed by atoms with Crippen LogP contribution in [0.5, 0.6) is 0 Å². The molecular formula is C21H25N3O5. The van der Waals surface area contributed by atoms with E-state index in [0.29, 0.717) is 11.1 Å². The van der Waals surface area contributed by atoms with E-state index in [-0.39, 0.29) is 31.0 Å². The fraction of sp³-hybridized carbons (Fsp3) is 0.429. The summed E-state index contributed by atoms with van der Waals surface area (Å²) in [6.07, 6.45) is 0. The summed E-state index contributed by atoms with van der Waals surface area (Å²) in [6, 6.07) is 5.26. The zero-order chi connectivity index (χ0) is 21.6. The summed E-state index contributed by atoms with van der Waals surface area (Å²) in [4.78, 5) is 24.1. The number of amides is 2. The molecule has 4 atom stereocenters. The molecule has 1 aliphatic carbocycles. The van der Waals surface area contributed by atoms with Crippen molar-refractivity contribution >= 4 is 11.8 Å². The quantitative estimate of drug-likeness (QED) is 0.210. The number of carbonyl (C=O) groups is 2. The molecule has 2 rings (SSSR count). The van der Waals surface area contributed by atoms with Gasteiger partial charge < -0.3 is 21.3 Å². The van der Waals surface area contributed by atoms with Crippen molar-refractivity contribution in [1.29, 1.82) is 0 Å². The molecule has 1 saturated carbocycles.